The Balaban J connectivity index is 4.45. The number of allylic oxidation sites excluding steroid dienone is 28. The summed E-state index contributed by atoms with van der Waals surface area (Å²) in [6.07, 6.45) is 102. The van der Waals surface area contributed by atoms with Crippen LogP contribution in [0.3, 0.4) is 0 Å². The van der Waals surface area contributed by atoms with Crippen LogP contribution >= 0.6 is 0 Å². The molecule has 0 fully saturated rings. The van der Waals surface area contributed by atoms with Gasteiger partial charge in [0.25, 0.3) is 0 Å². The van der Waals surface area contributed by atoms with Crippen LogP contribution in [0, 0.1) is 0 Å². The third-order valence-corrected chi connectivity index (χ3v) is 13.7. The number of ether oxygens (including phenoxy) is 3. The van der Waals surface area contributed by atoms with E-state index >= 15 is 0 Å². The summed E-state index contributed by atoms with van der Waals surface area (Å²) >= 11 is 0. The van der Waals surface area contributed by atoms with Crippen molar-refractivity contribution >= 4 is 17.9 Å². The molecule has 0 spiro atoms. The molecule has 0 aliphatic heterocycles. The first-order valence-electron chi connectivity index (χ1n) is 33.6. The minimum Gasteiger partial charge on any atom is -0.462 e. The van der Waals surface area contributed by atoms with Crippen LogP contribution in [0.2, 0.25) is 0 Å². The lowest BCUT2D eigenvalue weighted by molar-refractivity contribution is -0.167. The molecule has 1 unspecified atom stereocenters. The molecule has 0 saturated heterocycles. The van der Waals surface area contributed by atoms with Gasteiger partial charge in [-0.1, -0.05) is 274 Å². The summed E-state index contributed by atoms with van der Waals surface area (Å²) in [7, 11) is 0. The summed E-state index contributed by atoms with van der Waals surface area (Å²) in [5, 5.41) is 0. The van der Waals surface area contributed by atoms with Gasteiger partial charge in [0.1, 0.15) is 13.2 Å². The van der Waals surface area contributed by atoms with E-state index in [1.54, 1.807) is 0 Å². The molecule has 83 heavy (non-hydrogen) atoms. The summed E-state index contributed by atoms with van der Waals surface area (Å²) in [6, 6.07) is 0. The van der Waals surface area contributed by atoms with Crippen LogP contribution in [0.4, 0.5) is 0 Å². The summed E-state index contributed by atoms with van der Waals surface area (Å²) in [5.41, 5.74) is 0. The van der Waals surface area contributed by atoms with Crippen molar-refractivity contribution in [3.8, 4) is 0 Å². The van der Waals surface area contributed by atoms with Crippen molar-refractivity contribution in [3.63, 3.8) is 0 Å². The molecule has 0 aromatic heterocycles. The predicted molar refractivity (Wildman–Crippen MR) is 361 cm³/mol. The Hall–Kier alpha value is -5.23. The van der Waals surface area contributed by atoms with Crippen LogP contribution in [0.25, 0.3) is 0 Å². The van der Waals surface area contributed by atoms with E-state index in [4.69, 9.17) is 14.2 Å². The average molecular weight is 1140 g/mol. The first-order valence-corrected chi connectivity index (χ1v) is 33.6. The van der Waals surface area contributed by atoms with Crippen LogP contribution in [0.5, 0.6) is 0 Å². The number of hydrogen-bond donors (Lipinski definition) is 0. The summed E-state index contributed by atoms with van der Waals surface area (Å²) in [5.74, 6) is -0.947. The van der Waals surface area contributed by atoms with E-state index in [1.165, 1.54) is 51.4 Å². The maximum absolute atomic E-state index is 12.9. The normalized spacial score (nSPS) is 13.2. The van der Waals surface area contributed by atoms with Crippen LogP contribution in [-0.4, -0.2) is 37.2 Å². The fraction of sp³-hybridized carbons (Fsp3) is 0.597. The van der Waals surface area contributed by atoms with E-state index in [-0.39, 0.29) is 31.1 Å². The van der Waals surface area contributed by atoms with Crippen molar-refractivity contribution in [3.05, 3.63) is 170 Å². The van der Waals surface area contributed by atoms with E-state index in [0.717, 1.165) is 186 Å². The molecule has 0 heterocycles. The molecular weight excluding hydrogens is 1020 g/mol. The molecule has 6 nitrogen and oxygen atoms in total. The minimum atomic E-state index is -0.809. The number of rotatable bonds is 59. The molecule has 0 aromatic carbocycles. The lowest BCUT2D eigenvalue weighted by atomic mass is 10.1. The Labute approximate surface area is 511 Å². The number of carbonyl (C=O) groups excluding carboxylic acids is 3. The summed E-state index contributed by atoms with van der Waals surface area (Å²) < 4.78 is 16.9. The molecule has 1 atom stereocenters. The predicted octanol–water partition coefficient (Wildman–Crippen LogP) is 23.4. The van der Waals surface area contributed by atoms with Crippen molar-refractivity contribution in [2.24, 2.45) is 0 Å². The Kier molecular flexibility index (Phi) is 64.9. The van der Waals surface area contributed by atoms with Crippen LogP contribution in [0.1, 0.15) is 278 Å². The molecule has 0 amide bonds. The van der Waals surface area contributed by atoms with E-state index in [1.807, 2.05) is 0 Å². The molecule has 0 rings (SSSR count). The highest BCUT2D eigenvalue weighted by Crippen LogP contribution is 2.14. The topological polar surface area (TPSA) is 78.9 Å². The Bertz CT molecular complexity index is 1890. The summed E-state index contributed by atoms with van der Waals surface area (Å²) in [4.78, 5) is 38.4. The second-order valence-corrected chi connectivity index (χ2v) is 21.6. The second-order valence-electron chi connectivity index (χ2n) is 21.6. The van der Waals surface area contributed by atoms with Crippen molar-refractivity contribution in [1.82, 2.24) is 0 Å². The highest BCUT2D eigenvalue weighted by molar-refractivity contribution is 5.71. The Morgan fingerprint density at radius 1 is 0.253 bits per heavy atom. The van der Waals surface area contributed by atoms with Gasteiger partial charge in [0.2, 0.25) is 0 Å². The van der Waals surface area contributed by atoms with Crippen molar-refractivity contribution < 1.29 is 28.6 Å². The lowest BCUT2D eigenvalue weighted by Gasteiger charge is -2.18. The average Bonchev–Trinajstić information content (AvgIpc) is 3.49. The van der Waals surface area contributed by atoms with Crippen LogP contribution in [0.15, 0.2) is 170 Å². The fourth-order valence-electron chi connectivity index (χ4n) is 8.71. The molecule has 466 valence electrons. The highest BCUT2D eigenvalue weighted by Gasteiger charge is 2.19. The van der Waals surface area contributed by atoms with Crippen molar-refractivity contribution in [1.29, 1.82) is 0 Å². The number of unbranched alkanes of at least 4 members (excludes halogenated alkanes) is 20. The largest absolute Gasteiger partial charge is 0.462 e. The first kappa shape index (κ1) is 77.8. The smallest absolute Gasteiger partial charge is 0.306 e. The van der Waals surface area contributed by atoms with Gasteiger partial charge in [-0.05, 0) is 154 Å². The Morgan fingerprint density at radius 3 is 0.747 bits per heavy atom. The standard InChI is InChI=1S/C77H122O6/c1-4-7-10-13-16-19-22-25-27-29-31-33-35-37-38-40-41-43-45-47-49-52-55-58-61-64-67-70-76(79)82-73-74(72-81-75(78)69-66-63-60-57-54-51-24-21-18-15-12-9-6-3)83-77(80)71-68-65-62-59-56-53-50-48-46-44-42-39-36-34-32-30-28-26-23-20-17-14-11-8-5-2/h7-8,10-11,16-17,19-21,24-28,31-34,37-39,41-43,46-49,74H,4-6,9,12-15,18,22-23,29-30,35-36,40,44-45,50-73H2,1-3H3/b10-7-,11-8-,19-16-,20-17-,24-21-,27-25-,28-26-,33-31-,34-32-,38-37-,42-39-,43-41-,48-46-,49-47-. The van der Waals surface area contributed by atoms with Crippen molar-refractivity contribution in [2.75, 3.05) is 13.2 Å². The van der Waals surface area contributed by atoms with E-state index in [2.05, 4.69) is 191 Å². The van der Waals surface area contributed by atoms with Crippen LogP contribution < -0.4 is 0 Å². The molecule has 0 bridgehead atoms. The first-order chi connectivity index (χ1) is 41.0. The minimum absolute atomic E-state index is 0.102. The fourth-order valence-corrected chi connectivity index (χ4v) is 8.71. The SMILES string of the molecule is CC/C=C\C/C=C\C/C=C\C/C=C\C/C=C\C/C=C\C/C=C\CCCCCCCC(=O)OCC(COC(=O)CCCCCCC/C=C\CCCCCC)OC(=O)CCCCCCCC/C=C\C/C=C\C/C=C\C/C=C\C/C=C\C/C=C\CC. The molecular formula is C77H122O6. The van der Waals surface area contributed by atoms with Gasteiger partial charge in [-0.25, -0.2) is 0 Å². The molecule has 0 N–H and O–H groups in total. The highest BCUT2D eigenvalue weighted by atomic mass is 16.6. The van der Waals surface area contributed by atoms with Gasteiger partial charge in [-0.3, -0.25) is 14.4 Å². The number of esters is 3. The van der Waals surface area contributed by atoms with E-state index in [9.17, 15) is 14.4 Å². The van der Waals surface area contributed by atoms with E-state index in [0.29, 0.717) is 19.3 Å². The summed E-state index contributed by atoms with van der Waals surface area (Å²) in [6.45, 7) is 6.36. The van der Waals surface area contributed by atoms with Gasteiger partial charge in [-0.2, -0.15) is 0 Å². The third-order valence-electron chi connectivity index (χ3n) is 13.7. The molecule has 0 aliphatic rings. The zero-order chi connectivity index (χ0) is 59.9. The van der Waals surface area contributed by atoms with Gasteiger partial charge in [-0.15, -0.1) is 0 Å². The molecule has 6 heteroatoms. The molecule has 0 aliphatic carbocycles. The lowest BCUT2D eigenvalue weighted by Crippen LogP contribution is -2.30. The maximum Gasteiger partial charge on any atom is 0.306 e. The van der Waals surface area contributed by atoms with Gasteiger partial charge in [0, 0.05) is 19.3 Å². The molecule has 0 saturated carbocycles. The second kappa shape index (κ2) is 69.3. The Morgan fingerprint density at radius 2 is 0.470 bits per heavy atom. The van der Waals surface area contributed by atoms with Gasteiger partial charge in [0.05, 0.1) is 0 Å². The van der Waals surface area contributed by atoms with Gasteiger partial charge < -0.3 is 14.2 Å². The van der Waals surface area contributed by atoms with E-state index < -0.39 is 6.10 Å². The number of hydrogen-bond acceptors (Lipinski definition) is 6. The third kappa shape index (κ3) is 67.4. The zero-order valence-electron chi connectivity index (χ0n) is 53.4. The maximum atomic E-state index is 12.9. The monoisotopic (exact) mass is 1140 g/mol. The van der Waals surface area contributed by atoms with Crippen LogP contribution in [-0.2, 0) is 28.6 Å². The molecule has 0 aromatic rings. The van der Waals surface area contributed by atoms with Gasteiger partial charge in [0.15, 0.2) is 6.10 Å². The van der Waals surface area contributed by atoms with Crippen molar-refractivity contribution in [2.45, 2.75) is 284 Å². The van der Waals surface area contributed by atoms with Gasteiger partial charge >= 0.3 is 17.9 Å². The zero-order valence-corrected chi connectivity index (χ0v) is 53.4. The number of carbonyl (C=O) groups is 3. The molecule has 0 radical (unpaired) electrons. The quantitative estimate of drug-likeness (QED) is 0.0261.